The minimum Gasteiger partial charge on any atom is -0.513 e. The molecule has 0 heterocycles. The molecule has 0 unspecified atom stereocenters. The fraction of sp³-hybridized carbons (Fsp3) is 0.182. The van der Waals surface area contributed by atoms with Crippen molar-refractivity contribution in [3.63, 3.8) is 0 Å². The Morgan fingerprint density at radius 3 is 2.29 bits per heavy atom. The molecule has 3 nitrogen and oxygen atoms in total. The lowest BCUT2D eigenvalue weighted by molar-refractivity contribution is -0.136. The van der Waals surface area contributed by atoms with Gasteiger partial charge in [0, 0.05) is 6.42 Å². The maximum atomic E-state index is 10.4. The average Bonchev–Trinajstić information content (AvgIpc) is 2.01. The first-order chi connectivity index (χ1) is 6.58. The first-order valence-electron chi connectivity index (χ1n) is 4.24. The molecule has 0 aliphatic rings. The molecular formula is C11H12O3. The van der Waals surface area contributed by atoms with Crippen LogP contribution in [0.4, 0.5) is 0 Å². The third kappa shape index (κ3) is 3.31. The van der Waals surface area contributed by atoms with Crippen molar-refractivity contribution in [2.45, 2.75) is 12.8 Å². The molecule has 0 aromatic heterocycles. The highest BCUT2D eigenvalue weighted by Crippen LogP contribution is 2.09. The molecule has 3 heteroatoms. The summed E-state index contributed by atoms with van der Waals surface area (Å²) in [5.41, 5.74) is 1.60. The van der Waals surface area contributed by atoms with Gasteiger partial charge in [-0.05, 0) is 11.1 Å². The first-order valence-corrected chi connectivity index (χ1v) is 4.24. The number of aliphatic hydroxyl groups excluding tert-OH is 1. The van der Waals surface area contributed by atoms with Crippen LogP contribution >= 0.6 is 0 Å². The minimum absolute atomic E-state index is 0.00570. The van der Waals surface area contributed by atoms with Crippen molar-refractivity contribution >= 4 is 5.97 Å². The molecule has 0 atom stereocenters. The highest BCUT2D eigenvalue weighted by Gasteiger charge is 2.01. The minimum atomic E-state index is -0.857. The van der Waals surface area contributed by atoms with E-state index < -0.39 is 5.97 Å². The molecule has 0 radical (unpaired) electrons. The van der Waals surface area contributed by atoms with Crippen LogP contribution in [0.1, 0.15) is 11.1 Å². The van der Waals surface area contributed by atoms with Gasteiger partial charge in [0.2, 0.25) is 0 Å². The second kappa shape index (κ2) is 4.46. The van der Waals surface area contributed by atoms with E-state index in [-0.39, 0.29) is 12.2 Å². The first kappa shape index (κ1) is 10.3. The zero-order chi connectivity index (χ0) is 10.6. The van der Waals surface area contributed by atoms with Gasteiger partial charge in [0.05, 0.1) is 12.2 Å². The summed E-state index contributed by atoms with van der Waals surface area (Å²) in [4.78, 5) is 10.4. The van der Waals surface area contributed by atoms with Gasteiger partial charge in [-0.15, -0.1) is 0 Å². The fourth-order valence-corrected chi connectivity index (χ4v) is 1.26. The summed E-state index contributed by atoms with van der Waals surface area (Å²) in [5.74, 6) is -0.776. The lowest BCUT2D eigenvalue weighted by atomic mass is 10.1. The van der Waals surface area contributed by atoms with E-state index in [4.69, 9.17) is 10.2 Å². The number of benzene rings is 1. The zero-order valence-electron chi connectivity index (χ0n) is 7.73. The van der Waals surface area contributed by atoms with Gasteiger partial charge in [-0.1, -0.05) is 30.8 Å². The summed E-state index contributed by atoms with van der Waals surface area (Å²) in [6.45, 7) is 3.38. The van der Waals surface area contributed by atoms with Gasteiger partial charge in [-0.3, -0.25) is 4.79 Å². The lowest BCUT2D eigenvalue weighted by Crippen LogP contribution is -2.00. The molecule has 0 bridgehead atoms. The van der Waals surface area contributed by atoms with Crippen molar-refractivity contribution in [1.82, 2.24) is 0 Å². The van der Waals surface area contributed by atoms with Crippen LogP contribution in [0, 0.1) is 0 Å². The molecule has 14 heavy (non-hydrogen) atoms. The van der Waals surface area contributed by atoms with Crippen LogP contribution in [0.15, 0.2) is 36.6 Å². The number of carboxylic acid groups (broad SMARTS) is 1. The summed E-state index contributed by atoms with van der Waals surface area (Å²) in [7, 11) is 0. The Labute approximate surface area is 82.3 Å². The van der Waals surface area contributed by atoms with E-state index in [0.29, 0.717) is 6.42 Å². The number of aliphatic carboxylic acids is 1. The molecule has 0 amide bonds. The molecule has 0 saturated carbocycles. The fourth-order valence-electron chi connectivity index (χ4n) is 1.26. The summed E-state index contributed by atoms with van der Waals surface area (Å²) < 4.78 is 0. The van der Waals surface area contributed by atoms with E-state index >= 15 is 0 Å². The Balaban J connectivity index is 2.78. The van der Waals surface area contributed by atoms with E-state index in [1.165, 1.54) is 0 Å². The number of allylic oxidation sites excluding steroid dienone is 1. The average molecular weight is 192 g/mol. The summed E-state index contributed by atoms with van der Waals surface area (Å²) in [6.07, 6.45) is 0.374. The van der Waals surface area contributed by atoms with Gasteiger partial charge >= 0.3 is 5.97 Å². The van der Waals surface area contributed by atoms with Crippen LogP contribution in [0.2, 0.25) is 0 Å². The van der Waals surface area contributed by atoms with Gasteiger partial charge in [-0.2, -0.15) is 0 Å². The van der Waals surface area contributed by atoms with Crippen LogP contribution in [0.5, 0.6) is 0 Å². The summed E-state index contributed by atoms with van der Waals surface area (Å²) >= 11 is 0. The second-order valence-electron chi connectivity index (χ2n) is 3.13. The maximum Gasteiger partial charge on any atom is 0.307 e. The normalized spacial score (nSPS) is 9.71. The highest BCUT2D eigenvalue weighted by atomic mass is 16.4. The number of hydrogen-bond acceptors (Lipinski definition) is 2. The van der Waals surface area contributed by atoms with Crippen LogP contribution in [0.25, 0.3) is 0 Å². The van der Waals surface area contributed by atoms with E-state index in [9.17, 15) is 4.79 Å². The van der Waals surface area contributed by atoms with Crippen LogP contribution in [-0.2, 0) is 17.6 Å². The maximum absolute atomic E-state index is 10.4. The number of aliphatic hydroxyl groups is 1. The van der Waals surface area contributed by atoms with Crippen molar-refractivity contribution < 1.29 is 15.0 Å². The smallest absolute Gasteiger partial charge is 0.307 e. The molecule has 0 saturated heterocycles. The lowest BCUT2D eigenvalue weighted by Gasteiger charge is -2.02. The quantitative estimate of drug-likeness (QED) is 0.716. The van der Waals surface area contributed by atoms with E-state index in [2.05, 4.69) is 6.58 Å². The summed E-state index contributed by atoms with van der Waals surface area (Å²) in [5, 5.41) is 17.5. The Morgan fingerprint density at radius 2 is 1.79 bits per heavy atom. The largest absolute Gasteiger partial charge is 0.513 e. The van der Waals surface area contributed by atoms with Crippen LogP contribution < -0.4 is 0 Å². The van der Waals surface area contributed by atoms with E-state index in [1.807, 2.05) is 6.07 Å². The van der Waals surface area contributed by atoms with Gasteiger partial charge < -0.3 is 10.2 Å². The predicted octanol–water partition coefficient (Wildman–Crippen LogP) is 1.93. The predicted molar refractivity (Wildman–Crippen MR) is 53.3 cm³/mol. The molecule has 1 aromatic carbocycles. The van der Waals surface area contributed by atoms with E-state index in [0.717, 1.165) is 11.1 Å². The van der Waals surface area contributed by atoms with Gasteiger partial charge in [0.15, 0.2) is 0 Å². The van der Waals surface area contributed by atoms with Crippen LogP contribution in [0.3, 0.4) is 0 Å². The number of rotatable bonds is 4. The molecule has 2 N–H and O–H groups in total. The van der Waals surface area contributed by atoms with Crippen LogP contribution in [-0.4, -0.2) is 16.2 Å². The van der Waals surface area contributed by atoms with Crippen molar-refractivity contribution in [2.24, 2.45) is 0 Å². The third-order valence-corrected chi connectivity index (χ3v) is 1.75. The molecular weight excluding hydrogens is 180 g/mol. The number of carbonyl (C=O) groups is 1. The summed E-state index contributed by atoms with van der Waals surface area (Å²) in [6, 6.07) is 7.11. The van der Waals surface area contributed by atoms with Gasteiger partial charge in [0.1, 0.15) is 0 Å². The Hall–Kier alpha value is -1.77. The Bertz CT molecular complexity index is 324. The monoisotopic (exact) mass is 192 g/mol. The number of hydrogen-bond donors (Lipinski definition) is 2. The number of carboxylic acids is 1. The Morgan fingerprint density at radius 1 is 1.21 bits per heavy atom. The van der Waals surface area contributed by atoms with Gasteiger partial charge in [-0.25, -0.2) is 0 Å². The molecule has 0 aliphatic heterocycles. The van der Waals surface area contributed by atoms with Crippen molar-refractivity contribution in [2.75, 3.05) is 0 Å². The van der Waals surface area contributed by atoms with Crippen molar-refractivity contribution in [3.8, 4) is 0 Å². The zero-order valence-corrected chi connectivity index (χ0v) is 7.73. The second-order valence-corrected chi connectivity index (χ2v) is 3.13. The highest BCUT2D eigenvalue weighted by molar-refractivity contribution is 5.70. The molecule has 1 rings (SSSR count). The van der Waals surface area contributed by atoms with Crippen molar-refractivity contribution in [1.29, 1.82) is 0 Å². The molecule has 74 valence electrons. The molecule has 0 spiro atoms. The molecule has 0 fully saturated rings. The van der Waals surface area contributed by atoms with E-state index in [1.54, 1.807) is 18.2 Å². The van der Waals surface area contributed by atoms with Crippen molar-refractivity contribution in [3.05, 3.63) is 47.7 Å². The molecule has 1 aromatic rings. The molecule has 0 aliphatic carbocycles. The third-order valence-electron chi connectivity index (χ3n) is 1.75. The topological polar surface area (TPSA) is 57.5 Å². The van der Waals surface area contributed by atoms with Gasteiger partial charge in [0.25, 0.3) is 0 Å². The SMILES string of the molecule is C=C(O)Cc1cccc(CC(=O)O)c1. The standard InChI is InChI=1S/C11H12O3/c1-8(12)5-9-3-2-4-10(6-9)7-11(13)14/h2-4,6,12H,1,5,7H2,(H,13,14). The Kier molecular flexibility index (Phi) is 3.29.